The monoisotopic (exact) mass is 1040 g/mol. The largest absolute Gasteiger partial charge is 0.444 e. The number of hydrogen-bond acceptors (Lipinski definition) is 12. The highest BCUT2D eigenvalue weighted by molar-refractivity contribution is 7.09. The Bertz CT molecular complexity index is 2530. The second kappa shape index (κ2) is 29.8. The number of aliphatic hydroxyl groups is 1. The van der Waals surface area contributed by atoms with Crippen LogP contribution in [-0.2, 0) is 35.5 Å². The molecule has 3 heterocycles. The number of benzene rings is 3. The normalized spacial score (nSPS) is 13.4. The first kappa shape index (κ1) is 57.3. The third-order valence-corrected chi connectivity index (χ3v) is 14.4. The number of pyridine rings is 1. The van der Waals surface area contributed by atoms with Crippen LogP contribution < -0.4 is 21.3 Å². The Labute approximate surface area is 439 Å². The lowest BCUT2D eigenvalue weighted by Gasteiger charge is -2.30. The minimum Gasteiger partial charge on any atom is -0.444 e. The van der Waals surface area contributed by atoms with E-state index in [0.29, 0.717) is 31.3 Å². The predicted molar refractivity (Wildman–Crippen MR) is 294 cm³/mol. The lowest BCUT2D eigenvalue weighted by Crippen LogP contribution is -2.55. The van der Waals surface area contributed by atoms with Crippen LogP contribution in [0.15, 0.2) is 108 Å². The Morgan fingerprint density at radius 2 is 1.56 bits per heavy atom. The fourth-order valence-electron chi connectivity index (χ4n) is 8.13. The molecule has 6 rings (SSSR count). The molecule has 0 aliphatic rings. The van der Waals surface area contributed by atoms with Gasteiger partial charge in [-0.1, -0.05) is 114 Å². The molecule has 0 radical (unpaired) electrons. The first-order valence-corrected chi connectivity index (χ1v) is 27.1. The maximum atomic E-state index is 13.9. The quantitative estimate of drug-likeness (QED) is 0.0371. The maximum Gasteiger partial charge on any atom is 0.407 e. The van der Waals surface area contributed by atoms with Gasteiger partial charge in [0.2, 0.25) is 5.91 Å². The van der Waals surface area contributed by atoms with Crippen LogP contribution in [0.25, 0.3) is 10.9 Å². The molecule has 0 aliphatic heterocycles. The van der Waals surface area contributed by atoms with Gasteiger partial charge in [-0.25, -0.2) is 14.6 Å². The van der Waals surface area contributed by atoms with Crippen LogP contribution in [0, 0.1) is 5.92 Å². The van der Waals surface area contributed by atoms with Crippen LogP contribution >= 0.6 is 34.3 Å². The van der Waals surface area contributed by atoms with Crippen molar-refractivity contribution >= 4 is 68.9 Å². The van der Waals surface area contributed by atoms with E-state index >= 15 is 0 Å². The van der Waals surface area contributed by atoms with E-state index in [2.05, 4.69) is 75.7 Å². The summed E-state index contributed by atoms with van der Waals surface area (Å²) >= 11 is 8.99. The molecule has 5 atom stereocenters. The van der Waals surface area contributed by atoms with E-state index in [1.165, 1.54) is 29.2 Å². The highest BCUT2D eigenvalue weighted by atomic mass is 35.5. The molecule has 5 N–H and O–H groups in total. The van der Waals surface area contributed by atoms with E-state index < -0.39 is 30.3 Å². The van der Waals surface area contributed by atoms with Gasteiger partial charge < -0.3 is 40.9 Å². The number of nitrogens with one attached hydrogen (secondary N) is 4. The number of carbonyl (C=O) groups is 3. The Morgan fingerprint density at radius 1 is 0.861 bits per heavy atom. The minimum atomic E-state index is -1.05. The molecule has 3 aromatic carbocycles. The number of anilines is 1. The van der Waals surface area contributed by atoms with E-state index in [0.717, 1.165) is 67.8 Å². The summed E-state index contributed by atoms with van der Waals surface area (Å²) in [6.45, 7) is 18.4. The number of hydrogen-bond donors (Lipinski definition) is 5. The van der Waals surface area contributed by atoms with Gasteiger partial charge in [0, 0.05) is 58.9 Å². The molecule has 0 fully saturated rings. The third-order valence-electron chi connectivity index (χ3n) is 12.2. The van der Waals surface area contributed by atoms with E-state index in [9.17, 15) is 19.5 Å². The van der Waals surface area contributed by atoms with Crippen LogP contribution in [-0.4, -0.2) is 105 Å². The number of aromatic nitrogens is 3. The van der Waals surface area contributed by atoms with Gasteiger partial charge in [-0.3, -0.25) is 14.8 Å². The highest BCUT2D eigenvalue weighted by Gasteiger charge is 2.31. The number of nitrogens with zero attached hydrogens (tertiary/aromatic N) is 5. The number of aliphatic hydroxyl groups excluding tert-OH is 1. The van der Waals surface area contributed by atoms with Gasteiger partial charge in [0.05, 0.1) is 45.3 Å². The van der Waals surface area contributed by atoms with Gasteiger partial charge in [0.15, 0.2) is 0 Å². The number of thiazole rings is 2. The summed E-state index contributed by atoms with van der Waals surface area (Å²) in [5, 5.41) is 29.0. The number of amides is 4. The summed E-state index contributed by atoms with van der Waals surface area (Å²) in [6.07, 6.45) is 5.05. The number of fused-ring (bicyclic) bond motifs is 1. The molecule has 17 heteroatoms. The molecule has 72 heavy (non-hydrogen) atoms. The summed E-state index contributed by atoms with van der Waals surface area (Å²) in [6, 6.07) is 25.1. The van der Waals surface area contributed by atoms with E-state index in [-0.39, 0.29) is 30.9 Å². The first-order chi connectivity index (χ1) is 34.6. The number of carbonyl (C=O) groups excluding carboxylic acids is 3. The smallest absolute Gasteiger partial charge is 0.407 e. The number of halogens is 1. The molecular weight excluding hydrogens is 966 g/mol. The summed E-state index contributed by atoms with van der Waals surface area (Å²) in [5.74, 6) is -0.277. The Kier molecular flexibility index (Phi) is 23.7. The second-order valence-corrected chi connectivity index (χ2v) is 21.1. The van der Waals surface area contributed by atoms with Gasteiger partial charge >= 0.3 is 12.1 Å². The average molecular weight is 1040 g/mol. The molecular formula is C55H74ClN9O5S2. The maximum absolute atomic E-state index is 13.9. The first-order valence-electron chi connectivity index (χ1n) is 25.0. The Balaban J connectivity index is 0.000000363. The van der Waals surface area contributed by atoms with Crippen molar-refractivity contribution in [2.45, 2.75) is 130 Å². The predicted octanol–water partition coefficient (Wildman–Crippen LogP) is 10.7. The van der Waals surface area contributed by atoms with Gasteiger partial charge in [-0.05, 0) is 100.0 Å². The summed E-state index contributed by atoms with van der Waals surface area (Å²) in [7, 11) is 1.68. The van der Waals surface area contributed by atoms with Crippen LogP contribution in [0.1, 0.15) is 100 Å². The number of alkyl carbamates (subject to hydrolysis) is 1. The Morgan fingerprint density at radius 3 is 2.18 bits per heavy atom. The molecule has 0 aliphatic carbocycles. The van der Waals surface area contributed by atoms with Gasteiger partial charge in [-0.15, -0.1) is 22.7 Å². The SMILES string of the molecule is CC(C)c1nc(CN(C)C(=O)N[C@H](C(=O)N[C@@H](Cc2ccccc2)C[C@H](O)[C@H](Cc2ccccc2)NC(=O)OCc2cncs2)C(C)C)cs1.CCN(CC)CCCC(C)Nc1ccnc2cc(Cl)ccc12. The van der Waals surface area contributed by atoms with Crippen molar-refractivity contribution in [1.29, 1.82) is 0 Å². The Hall–Kier alpha value is -5.65. The second-order valence-electron chi connectivity index (χ2n) is 18.8. The zero-order valence-corrected chi connectivity index (χ0v) is 45.4. The molecule has 3 aromatic heterocycles. The molecule has 4 amide bonds. The third kappa shape index (κ3) is 19.1. The van der Waals surface area contributed by atoms with Gasteiger partial charge in [-0.2, -0.15) is 0 Å². The van der Waals surface area contributed by atoms with Crippen LogP contribution in [0.4, 0.5) is 15.3 Å². The minimum absolute atomic E-state index is 0.0671. The fraction of sp³-hybridized carbons (Fsp3) is 0.455. The molecule has 1 unspecified atom stereocenters. The van der Waals surface area contributed by atoms with Gasteiger partial charge in [0.1, 0.15) is 12.6 Å². The molecule has 0 spiro atoms. The summed E-state index contributed by atoms with van der Waals surface area (Å²) in [4.78, 5) is 57.8. The zero-order chi connectivity index (χ0) is 52.0. The molecule has 0 saturated carbocycles. The van der Waals surface area contributed by atoms with Crippen molar-refractivity contribution < 1.29 is 24.2 Å². The van der Waals surface area contributed by atoms with Crippen LogP contribution in [0.3, 0.4) is 0 Å². The van der Waals surface area contributed by atoms with Crippen molar-refractivity contribution in [3.8, 4) is 0 Å². The lowest BCUT2D eigenvalue weighted by molar-refractivity contribution is -0.124. The standard InChI is InChI=1S/C37H48N6O5S2.C18H26ClN3/c1-24(2)33(42-36(46)43(5)20-29-22-49-35(40-29)25(3)4)34(45)39-28(16-26-12-8-6-9-13-26)18-32(44)31(17-27-14-10-7-11-15-27)41-37(47)48-21-30-19-38-23-50-30;1-4-22(5-2)12-6-7-14(3)21-17-10-11-20-18-13-15(19)8-9-16(17)18/h6-15,19,22-25,28,31-33,44H,16-18,20-21H2,1-5H3,(H,39,45)(H,41,47)(H,42,46);8-11,13-14H,4-7,12H2,1-3H3,(H,20,21)/t28-,31-,32-,33-;/m0./s1. The summed E-state index contributed by atoms with van der Waals surface area (Å²) < 4.78 is 5.42. The van der Waals surface area contributed by atoms with Crippen molar-refractivity contribution in [2.24, 2.45) is 5.92 Å². The van der Waals surface area contributed by atoms with Crippen LogP contribution in [0.5, 0.6) is 0 Å². The number of ether oxygens (including phenoxy) is 1. The lowest BCUT2D eigenvalue weighted by atomic mass is 9.93. The topological polar surface area (TPSA) is 174 Å². The van der Waals surface area contributed by atoms with Crippen LogP contribution in [0.2, 0.25) is 5.02 Å². The number of rotatable bonds is 25. The van der Waals surface area contributed by atoms with Crippen molar-refractivity contribution in [3.63, 3.8) is 0 Å². The molecule has 14 nitrogen and oxygen atoms in total. The van der Waals surface area contributed by atoms with E-state index in [4.69, 9.17) is 16.3 Å². The van der Waals surface area contributed by atoms with Gasteiger partial charge in [0.25, 0.3) is 0 Å². The van der Waals surface area contributed by atoms with E-state index in [1.54, 1.807) is 30.1 Å². The highest BCUT2D eigenvalue weighted by Crippen LogP contribution is 2.26. The zero-order valence-electron chi connectivity index (χ0n) is 43.0. The molecule has 0 saturated heterocycles. The van der Waals surface area contributed by atoms with Crippen molar-refractivity contribution in [2.75, 3.05) is 32.0 Å². The van der Waals surface area contributed by atoms with Crippen molar-refractivity contribution in [3.05, 3.63) is 140 Å². The van der Waals surface area contributed by atoms with Crippen molar-refractivity contribution in [1.82, 2.24) is 40.7 Å². The molecule has 0 bridgehead atoms. The average Bonchev–Trinajstić information content (AvgIpc) is 4.07. The fourth-order valence-corrected chi connectivity index (χ4v) is 9.63. The molecule has 388 valence electrons. The number of urea groups is 1. The summed E-state index contributed by atoms with van der Waals surface area (Å²) in [5.41, 5.74) is 6.43. The van der Waals surface area contributed by atoms with E-state index in [1.807, 2.05) is 110 Å². The molecule has 6 aromatic rings.